The van der Waals surface area contributed by atoms with Crippen molar-refractivity contribution >= 4 is 29.2 Å². The van der Waals surface area contributed by atoms with Crippen LogP contribution in [0, 0.1) is 0 Å². The highest BCUT2D eigenvalue weighted by Crippen LogP contribution is 2.09. The number of nitrogens with zero attached hydrogens (tertiary/aromatic N) is 2. The Morgan fingerprint density at radius 2 is 1.91 bits per heavy atom. The first kappa shape index (κ1) is 18.4. The first-order valence-electron chi connectivity index (χ1n) is 7.45. The number of rotatable bonds is 9. The highest BCUT2D eigenvalue weighted by Gasteiger charge is 2.14. The normalized spacial score (nSPS) is 10.5. The Hall–Kier alpha value is -1.66. The van der Waals surface area contributed by atoms with Crippen molar-refractivity contribution in [3.8, 4) is 0 Å². The van der Waals surface area contributed by atoms with E-state index >= 15 is 0 Å². The minimum atomic E-state index is -0.202. The zero-order chi connectivity index (χ0) is 16.4. The molecular formula is C15H23ClN4O2. The van der Waals surface area contributed by atoms with Crippen LogP contribution >= 0.6 is 11.6 Å². The van der Waals surface area contributed by atoms with Crippen molar-refractivity contribution in [1.29, 1.82) is 0 Å². The van der Waals surface area contributed by atoms with E-state index in [1.54, 1.807) is 12.1 Å². The number of hydrogen-bond acceptors (Lipinski definition) is 4. The maximum absolute atomic E-state index is 12.0. The number of nitrogens with one attached hydrogen (secondary N) is 2. The second kappa shape index (κ2) is 10.1. The minimum absolute atomic E-state index is 0.0623. The molecule has 0 unspecified atom stereocenters. The molecule has 0 aromatic carbocycles. The molecule has 0 spiro atoms. The summed E-state index contributed by atoms with van der Waals surface area (Å²) in [4.78, 5) is 29.6. The van der Waals surface area contributed by atoms with Crippen molar-refractivity contribution in [3.05, 3.63) is 23.4 Å². The van der Waals surface area contributed by atoms with E-state index in [2.05, 4.69) is 15.6 Å². The van der Waals surface area contributed by atoms with E-state index in [9.17, 15) is 9.59 Å². The van der Waals surface area contributed by atoms with Gasteiger partial charge in [-0.05, 0) is 31.5 Å². The Morgan fingerprint density at radius 1 is 1.18 bits per heavy atom. The van der Waals surface area contributed by atoms with Crippen LogP contribution in [0.4, 0.5) is 5.82 Å². The number of carbonyl (C=O) groups excluding carboxylic acids is 2. The third-order valence-electron chi connectivity index (χ3n) is 2.84. The van der Waals surface area contributed by atoms with E-state index in [-0.39, 0.29) is 24.9 Å². The first-order chi connectivity index (χ1) is 10.5. The number of halogens is 1. The molecule has 0 aliphatic carbocycles. The van der Waals surface area contributed by atoms with Crippen molar-refractivity contribution < 1.29 is 9.59 Å². The van der Waals surface area contributed by atoms with Gasteiger partial charge in [-0.25, -0.2) is 4.98 Å². The first-order valence-corrected chi connectivity index (χ1v) is 7.83. The Balaban J connectivity index is 2.48. The molecule has 0 saturated heterocycles. The Labute approximate surface area is 136 Å². The lowest BCUT2D eigenvalue weighted by Gasteiger charge is -2.20. The van der Waals surface area contributed by atoms with E-state index in [0.717, 1.165) is 12.8 Å². The lowest BCUT2D eigenvalue weighted by Crippen LogP contribution is -2.41. The quantitative estimate of drug-likeness (QED) is 0.727. The van der Waals surface area contributed by atoms with Gasteiger partial charge in [-0.15, -0.1) is 0 Å². The van der Waals surface area contributed by atoms with Crippen LogP contribution in [0.15, 0.2) is 18.3 Å². The number of hydrogen-bond donors (Lipinski definition) is 2. The fraction of sp³-hybridized carbons (Fsp3) is 0.533. The third-order valence-corrected chi connectivity index (χ3v) is 3.06. The van der Waals surface area contributed by atoms with E-state index in [0.29, 0.717) is 23.9 Å². The maximum Gasteiger partial charge on any atom is 0.239 e. The zero-order valence-corrected chi connectivity index (χ0v) is 13.8. The predicted octanol–water partition coefficient (Wildman–Crippen LogP) is 1.91. The van der Waals surface area contributed by atoms with Gasteiger partial charge in [0.2, 0.25) is 11.8 Å². The molecule has 122 valence electrons. The van der Waals surface area contributed by atoms with Gasteiger partial charge in [-0.3, -0.25) is 14.5 Å². The van der Waals surface area contributed by atoms with Crippen molar-refractivity contribution in [2.75, 3.05) is 31.5 Å². The molecule has 22 heavy (non-hydrogen) atoms. The molecule has 6 nitrogen and oxygen atoms in total. The second-order valence-electron chi connectivity index (χ2n) is 4.97. The molecule has 2 N–H and O–H groups in total. The summed E-state index contributed by atoms with van der Waals surface area (Å²) in [5.41, 5.74) is 0. The van der Waals surface area contributed by atoms with Gasteiger partial charge < -0.3 is 10.6 Å². The number of carbonyl (C=O) groups is 2. The summed E-state index contributed by atoms with van der Waals surface area (Å²) < 4.78 is 0. The summed E-state index contributed by atoms with van der Waals surface area (Å²) >= 11 is 5.74. The monoisotopic (exact) mass is 326 g/mol. The second-order valence-corrected chi connectivity index (χ2v) is 5.41. The molecular weight excluding hydrogens is 304 g/mol. The molecule has 0 saturated carbocycles. The van der Waals surface area contributed by atoms with Crippen LogP contribution < -0.4 is 10.6 Å². The van der Waals surface area contributed by atoms with Crippen LogP contribution in [-0.2, 0) is 9.59 Å². The van der Waals surface area contributed by atoms with Gasteiger partial charge >= 0.3 is 0 Å². The van der Waals surface area contributed by atoms with Crippen LogP contribution in [0.1, 0.15) is 26.7 Å². The lowest BCUT2D eigenvalue weighted by atomic mass is 10.3. The van der Waals surface area contributed by atoms with Gasteiger partial charge in [0, 0.05) is 12.7 Å². The van der Waals surface area contributed by atoms with Gasteiger partial charge in [0.15, 0.2) is 0 Å². The van der Waals surface area contributed by atoms with Gasteiger partial charge in [0.25, 0.3) is 0 Å². The summed E-state index contributed by atoms with van der Waals surface area (Å²) in [6.07, 6.45) is 3.23. The lowest BCUT2D eigenvalue weighted by molar-refractivity contribution is -0.123. The largest absolute Gasteiger partial charge is 0.355 e. The van der Waals surface area contributed by atoms with Gasteiger partial charge in [-0.2, -0.15) is 0 Å². The summed E-state index contributed by atoms with van der Waals surface area (Å²) in [7, 11) is 0. The molecule has 0 aliphatic heterocycles. The molecule has 1 rings (SSSR count). The molecule has 0 atom stereocenters. The van der Waals surface area contributed by atoms with E-state index < -0.39 is 0 Å². The average molecular weight is 327 g/mol. The van der Waals surface area contributed by atoms with Gasteiger partial charge in [0.05, 0.1) is 18.1 Å². The summed E-state index contributed by atoms with van der Waals surface area (Å²) in [5.74, 6) is 0.181. The van der Waals surface area contributed by atoms with E-state index in [1.165, 1.54) is 6.20 Å². The molecule has 1 heterocycles. The summed E-state index contributed by atoms with van der Waals surface area (Å²) in [6.45, 7) is 5.71. The molecule has 0 radical (unpaired) electrons. The highest BCUT2D eigenvalue weighted by molar-refractivity contribution is 6.30. The van der Waals surface area contributed by atoms with Crippen LogP contribution in [-0.4, -0.2) is 47.9 Å². The summed E-state index contributed by atoms with van der Waals surface area (Å²) in [5, 5.41) is 6.02. The number of pyridine rings is 1. The van der Waals surface area contributed by atoms with Gasteiger partial charge in [0.1, 0.15) is 5.82 Å². The molecule has 1 aromatic heterocycles. The van der Waals surface area contributed by atoms with Crippen molar-refractivity contribution in [1.82, 2.24) is 15.2 Å². The molecule has 0 bridgehead atoms. The minimum Gasteiger partial charge on any atom is -0.355 e. The summed E-state index contributed by atoms with van der Waals surface area (Å²) in [6, 6.07) is 3.30. The van der Waals surface area contributed by atoms with Crippen LogP contribution in [0.3, 0.4) is 0 Å². The van der Waals surface area contributed by atoms with Crippen molar-refractivity contribution in [2.45, 2.75) is 26.7 Å². The fourth-order valence-corrected chi connectivity index (χ4v) is 2.00. The Kier molecular flexibility index (Phi) is 8.47. The zero-order valence-electron chi connectivity index (χ0n) is 13.1. The third kappa shape index (κ3) is 7.38. The number of anilines is 1. The molecule has 1 aromatic rings. The predicted molar refractivity (Wildman–Crippen MR) is 87.9 cm³/mol. The van der Waals surface area contributed by atoms with Crippen LogP contribution in [0.25, 0.3) is 0 Å². The molecule has 2 amide bonds. The topological polar surface area (TPSA) is 74.3 Å². The van der Waals surface area contributed by atoms with Crippen molar-refractivity contribution in [2.24, 2.45) is 0 Å². The van der Waals surface area contributed by atoms with Crippen LogP contribution in [0.5, 0.6) is 0 Å². The molecule has 0 aliphatic rings. The maximum atomic E-state index is 12.0. The van der Waals surface area contributed by atoms with Crippen LogP contribution in [0.2, 0.25) is 5.02 Å². The molecule has 7 heteroatoms. The smallest absolute Gasteiger partial charge is 0.239 e. The standard InChI is InChI=1S/C15H23ClN4O2/c1-3-7-17-14(21)10-20(8-4-2)11-15(22)19-13-6-5-12(16)9-18-13/h5-6,9H,3-4,7-8,10-11H2,1-2H3,(H,17,21)(H,18,19,22). The van der Waals surface area contributed by atoms with E-state index in [1.807, 2.05) is 18.7 Å². The Morgan fingerprint density at radius 3 is 2.50 bits per heavy atom. The van der Waals surface area contributed by atoms with Gasteiger partial charge in [-0.1, -0.05) is 25.4 Å². The van der Waals surface area contributed by atoms with E-state index in [4.69, 9.17) is 11.6 Å². The van der Waals surface area contributed by atoms with Crippen molar-refractivity contribution in [3.63, 3.8) is 0 Å². The SMILES string of the molecule is CCCNC(=O)CN(CCC)CC(=O)Nc1ccc(Cl)cn1. The average Bonchev–Trinajstić information content (AvgIpc) is 2.47. The molecule has 0 fully saturated rings. The fourth-order valence-electron chi connectivity index (χ4n) is 1.89. The number of aromatic nitrogens is 1. The highest BCUT2D eigenvalue weighted by atomic mass is 35.5. The number of amides is 2. The Bertz CT molecular complexity index is 479.